The second-order valence-corrected chi connectivity index (χ2v) is 7.53. The Morgan fingerprint density at radius 3 is 2.81 bits per heavy atom. The molecule has 0 amide bonds. The van der Waals surface area contributed by atoms with E-state index in [-0.39, 0.29) is 23.2 Å². The van der Waals surface area contributed by atoms with E-state index >= 15 is 0 Å². The molecule has 1 aliphatic rings. The number of nitrogens with zero attached hydrogens (tertiary/aromatic N) is 3. The number of para-hydroxylation sites is 1. The molecule has 2 atom stereocenters. The number of halogens is 4. The molecule has 0 saturated heterocycles. The summed E-state index contributed by atoms with van der Waals surface area (Å²) in [6, 6.07) is 8.95. The van der Waals surface area contributed by atoms with E-state index in [4.69, 9.17) is 4.74 Å². The molecule has 5 nitrogen and oxygen atoms in total. The number of hydrogen-bond donors (Lipinski definition) is 1. The number of aryl methyl sites for hydroxylation is 1. The molecule has 0 aliphatic carbocycles. The first-order valence-electron chi connectivity index (χ1n) is 9.65. The molecule has 31 heavy (non-hydrogen) atoms. The van der Waals surface area contributed by atoms with E-state index in [9.17, 15) is 22.7 Å². The van der Waals surface area contributed by atoms with E-state index in [1.54, 1.807) is 31.2 Å². The van der Waals surface area contributed by atoms with Crippen LogP contribution in [0, 0.1) is 12.7 Å². The molecule has 0 radical (unpaired) electrons. The van der Waals surface area contributed by atoms with Crippen LogP contribution in [0.2, 0.25) is 0 Å². The molecular formula is C22H19F4N3O2. The zero-order chi connectivity index (χ0) is 22.2. The smallest absolute Gasteiger partial charge is 0.422 e. The second kappa shape index (κ2) is 7.88. The van der Waals surface area contributed by atoms with Crippen molar-refractivity contribution in [2.45, 2.75) is 37.5 Å². The van der Waals surface area contributed by atoms with Gasteiger partial charge in [-0.3, -0.25) is 4.99 Å². The van der Waals surface area contributed by atoms with Gasteiger partial charge in [-0.1, -0.05) is 18.2 Å². The van der Waals surface area contributed by atoms with E-state index in [1.165, 1.54) is 6.20 Å². The highest BCUT2D eigenvalue weighted by Gasteiger charge is 2.54. The Morgan fingerprint density at radius 2 is 2.03 bits per heavy atom. The van der Waals surface area contributed by atoms with Gasteiger partial charge in [-0.2, -0.15) is 13.2 Å². The number of aliphatic hydroxyl groups is 1. The number of aliphatic imine (C=N–C) groups is 1. The van der Waals surface area contributed by atoms with Gasteiger partial charge >= 0.3 is 6.18 Å². The third-order valence-corrected chi connectivity index (χ3v) is 5.31. The zero-order valence-electron chi connectivity index (χ0n) is 16.5. The lowest BCUT2D eigenvalue weighted by Crippen LogP contribution is -2.48. The van der Waals surface area contributed by atoms with Crippen LogP contribution in [0.15, 0.2) is 47.6 Å². The standard InChI is InChI=1S/C22H19F4N3O2/c1-13-27-11-17-18(8-15(23)9-19(17)29-13)28-12-21(30,22(24,25)26)10-14-6-7-31-20-5-3-2-4-16(14)20/h2-5,8-9,11-12,14,30H,6-7,10H2,1H3/b28-12+. The Balaban J connectivity index is 1.72. The van der Waals surface area contributed by atoms with Crippen molar-refractivity contribution in [3.63, 3.8) is 0 Å². The maximum Gasteiger partial charge on any atom is 0.422 e. The first-order chi connectivity index (χ1) is 14.7. The fourth-order valence-corrected chi connectivity index (χ4v) is 3.70. The van der Waals surface area contributed by atoms with E-state index in [0.29, 0.717) is 29.8 Å². The Labute approximate surface area is 175 Å². The zero-order valence-corrected chi connectivity index (χ0v) is 16.5. The molecule has 1 aromatic heterocycles. The van der Waals surface area contributed by atoms with Crippen molar-refractivity contribution >= 4 is 22.8 Å². The van der Waals surface area contributed by atoms with Gasteiger partial charge in [0.25, 0.3) is 0 Å². The normalized spacial score (nSPS) is 18.6. The SMILES string of the molecule is Cc1ncc2c(/N=C/C(O)(CC3CCOc4ccccc43)C(F)(F)F)cc(F)cc2n1. The van der Waals surface area contributed by atoms with Crippen molar-refractivity contribution in [1.82, 2.24) is 9.97 Å². The van der Waals surface area contributed by atoms with Gasteiger partial charge in [0, 0.05) is 29.9 Å². The van der Waals surface area contributed by atoms with Crippen LogP contribution in [0.5, 0.6) is 5.75 Å². The topological polar surface area (TPSA) is 67.6 Å². The highest BCUT2D eigenvalue weighted by atomic mass is 19.4. The number of fused-ring (bicyclic) bond motifs is 2. The highest BCUT2D eigenvalue weighted by molar-refractivity contribution is 5.91. The number of rotatable bonds is 4. The summed E-state index contributed by atoms with van der Waals surface area (Å²) in [6.45, 7) is 1.86. The van der Waals surface area contributed by atoms with Crippen molar-refractivity contribution in [3.05, 3.63) is 59.8 Å². The molecule has 9 heteroatoms. The van der Waals surface area contributed by atoms with Gasteiger partial charge in [-0.25, -0.2) is 14.4 Å². The third-order valence-electron chi connectivity index (χ3n) is 5.31. The molecule has 162 valence electrons. The number of benzene rings is 2. The molecule has 0 spiro atoms. The quantitative estimate of drug-likeness (QED) is 0.463. The summed E-state index contributed by atoms with van der Waals surface area (Å²) in [7, 11) is 0. The van der Waals surface area contributed by atoms with Crippen molar-refractivity contribution < 1.29 is 27.4 Å². The molecule has 1 aliphatic heterocycles. The van der Waals surface area contributed by atoms with Crippen LogP contribution >= 0.6 is 0 Å². The summed E-state index contributed by atoms with van der Waals surface area (Å²) in [5.41, 5.74) is -2.49. The van der Waals surface area contributed by atoms with Crippen LogP contribution in [0.25, 0.3) is 10.9 Å². The summed E-state index contributed by atoms with van der Waals surface area (Å²) in [5, 5.41) is 10.9. The molecule has 0 fully saturated rings. The fourth-order valence-electron chi connectivity index (χ4n) is 3.70. The van der Waals surface area contributed by atoms with E-state index in [2.05, 4.69) is 15.0 Å². The second-order valence-electron chi connectivity index (χ2n) is 7.53. The number of hydrogen-bond acceptors (Lipinski definition) is 5. The Hall–Kier alpha value is -3.07. The summed E-state index contributed by atoms with van der Waals surface area (Å²) >= 11 is 0. The van der Waals surface area contributed by atoms with Crippen molar-refractivity contribution in [1.29, 1.82) is 0 Å². The Morgan fingerprint density at radius 1 is 1.26 bits per heavy atom. The molecule has 1 N–H and O–H groups in total. The predicted molar refractivity (Wildman–Crippen MR) is 107 cm³/mol. The molecule has 4 rings (SSSR count). The minimum atomic E-state index is -4.99. The maximum atomic E-state index is 14.0. The van der Waals surface area contributed by atoms with Crippen molar-refractivity contribution in [2.75, 3.05) is 6.61 Å². The minimum absolute atomic E-state index is 0.0925. The molecular weight excluding hydrogens is 414 g/mol. The lowest BCUT2D eigenvalue weighted by Gasteiger charge is -2.33. The molecule has 2 unspecified atom stereocenters. The molecule has 0 bridgehead atoms. The van der Waals surface area contributed by atoms with E-state index in [0.717, 1.165) is 12.1 Å². The fraction of sp³-hybridized carbons (Fsp3) is 0.318. The predicted octanol–water partition coefficient (Wildman–Crippen LogP) is 5.03. The van der Waals surface area contributed by atoms with Crippen LogP contribution in [0.4, 0.5) is 23.2 Å². The monoisotopic (exact) mass is 433 g/mol. The summed E-state index contributed by atoms with van der Waals surface area (Å²) in [6.07, 6.45) is -3.49. The third kappa shape index (κ3) is 4.23. The number of ether oxygens (including phenoxy) is 1. The Kier molecular flexibility index (Phi) is 5.38. The molecule has 3 aromatic rings. The molecule has 2 heterocycles. The summed E-state index contributed by atoms with van der Waals surface area (Å²) in [5.74, 6) is -0.396. The van der Waals surface area contributed by atoms with Gasteiger partial charge in [0.2, 0.25) is 0 Å². The molecule has 0 saturated carbocycles. The van der Waals surface area contributed by atoms with Gasteiger partial charge in [-0.15, -0.1) is 0 Å². The van der Waals surface area contributed by atoms with Gasteiger partial charge < -0.3 is 9.84 Å². The number of aromatic nitrogens is 2. The minimum Gasteiger partial charge on any atom is -0.493 e. The largest absolute Gasteiger partial charge is 0.493 e. The summed E-state index contributed by atoms with van der Waals surface area (Å²) in [4.78, 5) is 11.9. The van der Waals surface area contributed by atoms with Gasteiger partial charge in [0.1, 0.15) is 17.4 Å². The van der Waals surface area contributed by atoms with Crippen molar-refractivity contribution in [2.24, 2.45) is 4.99 Å². The van der Waals surface area contributed by atoms with Crippen molar-refractivity contribution in [3.8, 4) is 5.75 Å². The van der Waals surface area contributed by atoms with E-state index < -0.39 is 29.9 Å². The first kappa shape index (κ1) is 21.2. The van der Waals surface area contributed by atoms with E-state index in [1.807, 2.05) is 0 Å². The van der Waals surface area contributed by atoms with Crippen LogP contribution in [0.1, 0.15) is 30.1 Å². The van der Waals surface area contributed by atoms with Crippen LogP contribution in [0.3, 0.4) is 0 Å². The highest BCUT2D eigenvalue weighted by Crippen LogP contribution is 2.43. The first-order valence-corrected chi connectivity index (χ1v) is 9.65. The summed E-state index contributed by atoms with van der Waals surface area (Å²) < 4.78 is 61.2. The van der Waals surface area contributed by atoms with Gasteiger partial charge in [0.15, 0.2) is 5.60 Å². The Bertz CT molecular complexity index is 1140. The van der Waals surface area contributed by atoms with Crippen LogP contribution in [-0.4, -0.2) is 39.7 Å². The van der Waals surface area contributed by atoms with Gasteiger partial charge in [0.05, 0.1) is 17.8 Å². The van der Waals surface area contributed by atoms with Gasteiger partial charge in [-0.05, 0) is 37.3 Å². The average molecular weight is 433 g/mol. The number of alkyl halides is 3. The molecule has 2 aromatic carbocycles. The average Bonchev–Trinajstić information content (AvgIpc) is 2.71. The maximum absolute atomic E-state index is 14.0. The van der Waals surface area contributed by atoms with Crippen LogP contribution < -0.4 is 4.74 Å². The lowest BCUT2D eigenvalue weighted by atomic mass is 9.82. The van der Waals surface area contributed by atoms with Crippen LogP contribution in [-0.2, 0) is 0 Å². The lowest BCUT2D eigenvalue weighted by molar-refractivity contribution is -0.232.